The SMILES string of the molecule is CCCCCCCCCC1(O)CCOCC1. The van der Waals surface area contributed by atoms with Gasteiger partial charge in [-0.3, -0.25) is 0 Å². The van der Waals surface area contributed by atoms with Gasteiger partial charge in [-0.15, -0.1) is 0 Å². The zero-order valence-corrected chi connectivity index (χ0v) is 10.8. The summed E-state index contributed by atoms with van der Waals surface area (Å²) in [6.45, 7) is 3.74. The number of hydrogen-bond donors (Lipinski definition) is 1. The first-order chi connectivity index (χ1) is 7.77. The third-order valence-corrected chi connectivity index (χ3v) is 3.67. The topological polar surface area (TPSA) is 29.5 Å². The van der Waals surface area contributed by atoms with Gasteiger partial charge in [-0.05, 0) is 19.3 Å². The molecule has 0 radical (unpaired) electrons. The summed E-state index contributed by atoms with van der Waals surface area (Å²) in [7, 11) is 0. The fraction of sp³-hybridized carbons (Fsp3) is 1.00. The van der Waals surface area contributed by atoms with Crippen molar-refractivity contribution in [1.29, 1.82) is 0 Å². The maximum Gasteiger partial charge on any atom is 0.0691 e. The van der Waals surface area contributed by atoms with Crippen LogP contribution in [-0.2, 0) is 4.74 Å². The Balaban J connectivity index is 1.93. The summed E-state index contributed by atoms with van der Waals surface area (Å²) in [6, 6.07) is 0. The molecule has 96 valence electrons. The summed E-state index contributed by atoms with van der Waals surface area (Å²) in [5, 5.41) is 10.2. The van der Waals surface area contributed by atoms with Crippen LogP contribution in [0.15, 0.2) is 0 Å². The molecule has 0 aromatic heterocycles. The Hall–Kier alpha value is -0.0800. The molecule has 1 aliphatic rings. The van der Waals surface area contributed by atoms with Gasteiger partial charge >= 0.3 is 0 Å². The van der Waals surface area contributed by atoms with Crippen LogP contribution < -0.4 is 0 Å². The van der Waals surface area contributed by atoms with E-state index in [2.05, 4.69) is 6.92 Å². The molecule has 1 saturated heterocycles. The van der Waals surface area contributed by atoms with Gasteiger partial charge in [0.2, 0.25) is 0 Å². The molecule has 0 bridgehead atoms. The summed E-state index contributed by atoms with van der Waals surface area (Å²) in [5.74, 6) is 0. The molecule has 16 heavy (non-hydrogen) atoms. The van der Waals surface area contributed by atoms with Crippen LogP contribution in [-0.4, -0.2) is 23.9 Å². The summed E-state index contributed by atoms with van der Waals surface area (Å²) >= 11 is 0. The number of rotatable bonds is 8. The molecule has 0 spiro atoms. The van der Waals surface area contributed by atoms with Crippen molar-refractivity contribution >= 4 is 0 Å². The van der Waals surface area contributed by atoms with Crippen molar-refractivity contribution < 1.29 is 9.84 Å². The highest BCUT2D eigenvalue weighted by Crippen LogP contribution is 2.26. The van der Waals surface area contributed by atoms with E-state index in [-0.39, 0.29) is 0 Å². The fourth-order valence-corrected chi connectivity index (χ4v) is 2.41. The summed E-state index contributed by atoms with van der Waals surface area (Å²) in [5.41, 5.74) is -0.401. The first-order valence-corrected chi connectivity index (χ1v) is 7.07. The maximum atomic E-state index is 10.2. The molecule has 0 amide bonds. The van der Waals surface area contributed by atoms with Gasteiger partial charge in [-0.2, -0.15) is 0 Å². The second-order valence-corrected chi connectivity index (χ2v) is 5.21. The summed E-state index contributed by atoms with van der Waals surface area (Å²) in [4.78, 5) is 0. The van der Waals surface area contributed by atoms with Crippen molar-refractivity contribution in [1.82, 2.24) is 0 Å². The Morgan fingerprint density at radius 1 is 0.938 bits per heavy atom. The molecule has 0 atom stereocenters. The van der Waals surface area contributed by atoms with Crippen LogP contribution in [0.5, 0.6) is 0 Å². The smallest absolute Gasteiger partial charge is 0.0691 e. The summed E-state index contributed by atoms with van der Waals surface area (Å²) < 4.78 is 5.28. The van der Waals surface area contributed by atoms with Crippen molar-refractivity contribution in [3.05, 3.63) is 0 Å². The van der Waals surface area contributed by atoms with E-state index < -0.39 is 5.60 Å². The number of aliphatic hydroxyl groups is 1. The van der Waals surface area contributed by atoms with Crippen molar-refractivity contribution in [2.75, 3.05) is 13.2 Å². The van der Waals surface area contributed by atoms with Gasteiger partial charge in [-0.1, -0.05) is 51.9 Å². The van der Waals surface area contributed by atoms with Gasteiger partial charge in [0.15, 0.2) is 0 Å². The van der Waals surface area contributed by atoms with Gasteiger partial charge in [0.25, 0.3) is 0 Å². The first kappa shape index (κ1) is 14.0. The largest absolute Gasteiger partial charge is 0.390 e. The van der Waals surface area contributed by atoms with E-state index in [4.69, 9.17) is 4.74 Å². The average Bonchev–Trinajstić information content (AvgIpc) is 2.29. The number of ether oxygens (including phenoxy) is 1. The van der Waals surface area contributed by atoms with Crippen molar-refractivity contribution in [3.63, 3.8) is 0 Å². The average molecular weight is 228 g/mol. The second kappa shape index (κ2) is 8.08. The lowest BCUT2D eigenvalue weighted by molar-refractivity contribution is -0.0690. The molecular weight excluding hydrogens is 200 g/mol. The van der Waals surface area contributed by atoms with Crippen LogP contribution in [0.4, 0.5) is 0 Å². The zero-order valence-electron chi connectivity index (χ0n) is 10.8. The highest BCUT2D eigenvalue weighted by Gasteiger charge is 2.28. The lowest BCUT2D eigenvalue weighted by Gasteiger charge is -2.32. The minimum atomic E-state index is -0.401. The molecule has 2 heteroatoms. The normalized spacial score (nSPS) is 19.9. The number of hydrogen-bond acceptors (Lipinski definition) is 2. The molecule has 1 aliphatic heterocycles. The van der Waals surface area contributed by atoms with E-state index in [9.17, 15) is 5.11 Å². The Labute approximate surface area is 100 Å². The first-order valence-electron chi connectivity index (χ1n) is 7.07. The number of unbranched alkanes of at least 4 members (excludes halogenated alkanes) is 6. The Bertz CT molecular complexity index is 162. The monoisotopic (exact) mass is 228 g/mol. The molecule has 1 heterocycles. The van der Waals surface area contributed by atoms with Crippen LogP contribution in [0, 0.1) is 0 Å². The van der Waals surface area contributed by atoms with Gasteiger partial charge in [0.1, 0.15) is 0 Å². The molecule has 0 aromatic carbocycles. The highest BCUT2D eigenvalue weighted by molar-refractivity contribution is 4.80. The van der Waals surface area contributed by atoms with E-state index in [0.717, 1.165) is 32.5 Å². The van der Waals surface area contributed by atoms with Crippen molar-refractivity contribution in [2.45, 2.75) is 76.7 Å². The van der Waals surface area contributed by atoms with Crippen molar-refractivity contribution in [2.24, 2.45) is 0 Å². The quantitative estimate of drug-likeness (QED) is 0.642. The molecule has 0 saturated carbocycles. The van der Waals surface area contributed by atoms with E-state index in [1.54, 1.807) is 0 Å². The Kier molecular flexibility index (Phi) is 7.06. The summed E-state index contributed by atoms with van der Waals surface area (Å²) in [6.07, 6.45) is 11.9. The fourth-order valence-electron chi connectivity index (χ4n) is 2.41. The molecule has 0 unspecified atom stereocenters. The molecular formula is C14H28O2. The lowest BCUT2D eigenvalue weighted by atomic mass is 9.88. The van der Waals surface area contributed by atoms with Gasteiger partial charge in [0.05, 0.1) is 5.60 Å². The van der Waals surface area contributed by atoms with E-state index in [0.29, 0.717) is 0 Å². The Morgan fingerprint density at radius 2 is 1.50 bits per heavy atom. The Morgan fingerprint density at radius 3 is 2.12 bits per heavy atom. The predicted octanol–water partition coefficient (Wildman–Crippen LogP) is 3.67. The second-order valence-electron chi connectivity index (χ2n) is 5.21. The minimum absolute atomic E-state index is 0.401. The predicted molar refractivity (Wildman–Crippen MR) is 67.6 cm³/mol. The van der Waals surface area contributed by atoms with Crippen LogP contribution in [0.1, 0.15) is 71.1 Å². The zero-order chi connectivity index (χ0) is 11.7. The molecule has 0 aromatic rings. The standard InChI is InChI=1S/C14H28O2/c1-2-3-4-5-6-7-8-9-14(15)10-12-16-13-11-14/h15H,2-13H2,1H3. The van der Waals surface area contributed by atoms with Gasteiger partial charge in [0, 0.05) is 13.2 Å². The third kappa shape index (κ3) is 5.86. The van der Waals surface area contributed by atoms with Crippen LogP contribution >= 0.6 is 0 Å². The van der Waals surface area contributed by atoms with Crippen LogP contribution in [0.25, 0.3) is 0 Å². The molecule has 2 nitrogen and oxygen atoms in total. The molecule has 1 rings (SSSR count). The highest BCUT2D eigenvalue weighted by atomic mass is 16.5. The minimum Gasteiger partial charge on any atom is -0.390 e. The molecule has 0 aliphatic carbocycles. The van der Waals surface area contributed by atoms with E-state index in [1.165, 1.54) is 44.9 Å². The van der Waals surface area contributed by atoms with Crippen LogP contribution in [0.2, 0.25) is 0 Å². The van der Waals surface area contributed by atoms with Gasteiger partial charge < -0.3 is 9.84 Å². The van der Waals surface area contributed by atoms with Crippen molar-refractivity contribution in [3.8, 4) is 0 Å². The van der Waals surface area contributed by atoms with Crippen LogP contribution in [0.3, 0.4) is 0 Å². The van der Waals surface area contributed by atoms with E-state index in [1.807, 2.05) is 0 Å². The molecule has 1 fully saturated rings. The van der Waals surface area contributed by atoms with Gasteiger partial charge in [-0.25, -0.2) is 0 Å². The third-order valence-electron chi connectivity index (χ3n) is 3.67. The molecule has 1 N–H and O–H groups in total. The lowest BCUT2D eigenvalue weighted by Crippen LogP contribution is -2.35. The van der Waals surface area contributed by atoms with E-state index >= 15 is 0 Å². The maximum absolute atomic E-state index is 10.2.